The molecule has 6 heteroatoms. The second-order valence-electron chi connectivity index (χ2n) is 3.61. The van der Waals surface area contributed by atoms with Crippen LogP contribution in [0.25, 0.3) is 0 Å². The monoisotopic (exact) mass is 371 g/mol. The molecule has 0 unspecified atom stereocenters. The predicted molar refractivity (Wildman–Crippen MR) is 78.2 cm³/mol. The summed E-state index contributed by atoms with van der Waals surface area (Å²) in [5.41, 5.74) is 1.03. The van der Waals surface area contributed by atoms with E-state index in [1.807, 2.05) is 25.1 Å². The highest BCUT2D eigenvalue weighted by Gasteiger charge is 2.08. The molecule has 18 heavy (non-hydrogen) atoms. The molecule has 0 saturated carbocycles. The molecule has 2 aromatic rings. The molecule has 0 aliphatic heterocycles. The van der Waals surface area contributed by atoms with Crippen LogP contribution in [0.3, 0.4) is 0 Å². The molecule has 4 nitrogen and oxygen atoms in total. The topological polar surface area (TPSA) is 47.0 Å². The van der Waals surface area contributed by atoms with Gasteiger partial charge in [-0.25, -0.2) is 4.98 Å². The van der Waals surface area contributed by atoms with E-state index in [0.717, 1.165) is 15.8 Å². The molecule has 1 aromatic carbocycles. The van der Waals surface area contributed by atoms with Gasteiger partial charge in [-0.3, -0.25) is 0 Å². The van der Waals surface area contributed by atoms with Gasteiger partial charge in [-0.2, -0.15) is 4.98 Å². The van der Waals surface area contributed by atoms with E-state index in [0.29, 0.717) is 16.3 Å². The molecular formula is C12H11Br2N3O. The lowest BCUT2D eigenvalue weighted by Gasteiger charge is -2.10. The molecule has 0 saturated heterocycles. The van der Waals surface area contributed by atoms with Crippen LogP contribution in [0.2, 0.25) is 0 Å². The maximum Gasteiger partial charge on any atom is 0.238 e. The van der Waals surface area contributed by atoms with Crippen molar-refractivity contribution >= 4 is 37.8 Å². The molecular weight excluding hydrogens is 362 g/mol. The minimum Gasteiger partial charge on any atom is -0.437 e. The van der Waals surface area contributed by atoms with Gasteiger partial charge in [0.25, 0.3) is 0 Å². The Balaban J connectivity index is 2.33. The molecule has 1 heterocycles. The number of anilines is 1. The lowest BCUT2D eigenvalue weighted by molar-refractivity contribution is 0.455. The second-order valence-corrected chi connectivity index (χ2v) is 5.38. The zero-order valence-corrected chi connectivity index (χ0v) is 13.0. The summed E-state index contributed by atoms with van der Waals surface area (Å²) in [4.78, 5) is 8.33. The first kappa shape index (κ1) is 13.3. The van der Waals surface area contributed by atoms with E-state index in [9.17, 15) is 0 Å². The van der Waals surface area contributed by atoms with Crippen molar-refractivity contribution in [2.75, 3.05) is 12.4 Å². The minimum atomic E-state index is 0.486. The van der Waals surface area contributed by atoms with Gasteiger partial charge in [0.1, 0.15) is 5.75 Å². The van der Waals surface area contributed by atoms with Crippen molar-refractivity contribution in [2.24, 2.45) is 0 Å². The van der Waals surface area contributed by atoms with E-state index in [4.69, 9.17) is 4.74 Å². The van der Waals surface area contributed by atoms with Gasteiger partial charge in [0.2, 0.25) is 11.8 Å². The lowest BCUT2D eigenvalue weighted by atomic mass is 10.2. The Morgan fingerprint density at radius 3 is 2.72 bits per heavy atom. The van der Waals surface area contributed by atoms with Crippen LogP contribution in [-0.2, 0) is 0 Å². The Bertz CT molecular complexity index is 575. The van der Waals surface area contributed by atoms with Crippen molar-refractivity contribution in [3.05, 3.63) is 38.9 Å². The average Bonchev–Trinajstić information content (AvgIpc) is 2.35. The summed E-state index contributed by atoms with van der Waals surface area (Å²) in [6, 6.07) is 5.81. The number of rotatable bonds is 3. The van der Waals surface area contributed by atoms with Gasteiger partial charge in [-0.15, -0.1) is 0 Å². The standard InChI is InChI=1S/C12H11Br2N3O/c1-7-5-8(13)3-4-10(7)18-11-9(14)6-16-12(15-2)17-11/h3-6H,1-2H3,(H,15,16,17). The second kappa shape index (κ2) is 5.67. The van der Waals surface area contributed by atoms with Crippen molar-refractivity contribution in [2.45, 2.75) is 6.92 Å². The Hall–Kier alpha value is -1.14. The maximum atomic E-state index is 5.78. The van der Waals surface area contributed by atoms with Crippen molar-refractivity contribution in [3.63, 3.8) is 0 Å². The summed E-state index contributed by atoms with van der Waals surface area (Å²) in [5, 5.41) is 2.87. The SMILES string of the molecule is CNc1ncc(Br)c(Oc2ccc(Br)cc2C)n1. The van der Waals surface area contributed by atoms with Gasteiger partial charge < -0.3 is 10.1 Å². The van der Waals surface area contributed by atoms with E-state index in [2.05, 4.69) is 47.1 Å². The third-order valence-electron chi connectivity index (χ3n) is 2.28. The van der Waals surface area contributed by atoms with E-state index in [1.165, 1.54) is 0 Å². The van der Waals surface area contributed by atoms with E-state index in [-0.39, 0.29) is 0 Å². The smallest absolute Gasteiger partial charge is 0.238 e. The predicted octanol–water partition coefficient (Wildman–Crippen LogP) is 4.14. The maximum absolute atomic E-state index is 5.78. The molecule has 0 fully saturated rings. The number of ether oxygens (including phenoxy) is 1. The van der Waals surface area contributed by atoms with E-state index >= 15 is 0 Å². The van der Waals surface area contributed by atoms with Crippen molar-refractivity contribution in [1.29, 1.82) is 0 Å². The zero-order valence-electron chi connectivity index (χ0n) is 9.87. The number of nitrogens with zero attached hydrogens (tertiary/aromatic N) is 2. The van der Waals surface area contributed by atoms with Crippen molar-refractivity contribution < 1.29 is 4.74 Å². The highest BCUT2D eigenvalue weighted by atomic mass is 79.9. The Kier molecular flexibility index (Phi) is 4.19. The molecule has 0 aliphatic carbocycles. The largest absolute Gasteiger partial charge is 0.437 e. The highest BCUT2D eigenvalue weighted by molar-refractivity contribution is 9.10. The van der Waals surface area contributed by atoms with Gasteiger partial charge in [0.05, 0.1) is 10.7 Å². The van der Waals surface area contributed by atoms with Gasteiger partial charge >= 0.3 is 0 Å². The molecule has 0 spiro atoms. The fourth-order valence-electron chi connectivity index (χ4n) is 1.37. The number of aromatic nitrogens is 2. The summed E-state index contributed by atoms with van der Waals surface area (Å²) >= 11 is 6.79. The van der Waals surface area contributed by atoms with Gasteiger partial charge in [0.15, 0.2) is 0 Å². The van der Waals surface area contributed by atoms with Crippen molar-refractivity contribution in [3.8, 4) is 11.6 Å². The number of nitrogens with one attached hydrogen (secondary N) is 1. The fraction of sp³-hybridized carbons (Fsp3) is 0.167. The quantitative estimate of drug-likeness (QED) is 0.879. The summed E-state index contributed by atoms with van der Waals surface area (Å²) in [7, 11) is 1.76. The highest BCUT2D eigenvalue weighted by Crippen LogP contribution is 2.31. The Morgan fingerprint density at radius 2 is 2.06 bits per heavy atom. The molecule has 0 bridgehead atoms. The molecule has 0 aliphatic rings. The van der Waals surface area contributed by atoms with Crippen LogP contribution in [-0.4, -0.2) is 17.0 Å². The van der Waals surface area contributed by atoms with Crippen LogP contribution >= 0.6 is 31.9 Å². The molecule has 2 rings (SSSR count). The number of aryl methyl sites for hydroxylation is 1. The van der Waals surface area contributed by atoms with Gasteiger partial charge in [-0.05, 0) is 46.6 Å². The third kappa shape index (κ3) is 3.00. The Labute approximate surface area is 122 Å². The molecule has 1 N–H and O–H groups in total. The molecule has 1 aromatic heterocycles. The fourth-order valence-corrected chi connectivity index (χ4v) is 2.12. The van der Waals surface area contributed by atoms with Crippen LogP contribution in [0.4, 0.5) is 5.95 Å². The summed E-state index contributed by atoms with van der Waals surface area (Å²) in [6.45, 7) is 1.98. The first-order valence-corrected chi connectivity index (χ1v) is 6.83. The number of hydrogen-bond acceptors (Lipinski definition) is 4. The van der Waals surface area contributed by atoms with Crippen LogP contribution in [0.5, 0.6) is 11.6 Å². The van der Waals surface area contributed by atoms with E-state index in [1.54, 1.807) is 13.2 Å². The molecule has 0 radical (unpaired) electrons. The molecule has 0 atom stereocenters. The minimum absolute atomic E-state index is 0.486. The summed E-state index contributed by atoms with van der Waals surface area (Å²) < 4.78 is 7.51. The normalized spacial score (nSPS) is 10.2. The van der Waals surface area contributed by atoms with Crippen LogP contribution < -0.4 is 10.1 Å². The molecule has 0 amide bonds. The van der Waals surface area contributed by atoms with Gasteiger partial charge in [0, 0.05) is 11.5 Å². The third-order valence-corrected chi connectivity index (χ3v) is 3.32. The van der Waals surface area contributed by atoms with Crippen LogP contribution in [0.1, 0.15) is 5.56 Å². The summed E-state index contributed by atoms with van der Waals surface area (Å²) in [5.74, 6) is 1.77. The van der Waals surface area contributed by atoms with Crippen LogP contribution in [0.15, 0.2) is 33.3 Å². The zero-order chi connectivity index (χ0) is 13.1. The number of halogens is 2. The van der Waals surface area contributed by atoms with Crippen LogP contribution in [0, 0.1) is 6.92 Å². The first-order chi connectivity index (χ1) is 8.60. The number of hydrogen-bond donors (Lipinski definition) is 1. The first-order valence-electron chi connectivity index (χ1n) is 5.24. The number of benzene rings is 1. The van der Waals surface area contributed by atoms with Gasteiger partial charge in [-0.1, -0.05) is 15.9 Å². The van der Waals surface area contributed by atoms with E-state index < -0.39 is 0 Å². The van der Waals surface area contributed by atoms with Crippen molar-refractivity contribution in [1.82, 2.24) is 9.97 Å². The molecule has 94 valence electrons. The summed E-state index contributed by atoms with van der Waals surface area (Å²) in [6.07, 6.45) is 1.66. The average molecular weight is 373 g/mol. The lowest BCUT2D eigenvalue weighted by Crippen LogP contribution is -1.99. The Morgan fingerprint density at radius 1 is 1.28 bits per heavy atom.